The molecule has 0 aromatic rings. The predicted octanol–water partition coefficient (Wildman–Crippen LogP) is 5.41. The van der Waals surface area contributed by atoms with Crippen molar-refractivity contribution in [3.05, 3.63) is 22.1 Å². The zero-order chi connectivity index (χ0) is 26.0. The predicted molar refractivity (Wildman–Crippen MR) is 130 cm³/mol. The van der Waals surface area contributed by atoms with Crippen LogP contribution < -0.4 is 0 Å². The van der Waals surface area contributed by atoms with E-state index < -0.39 is 33.6 Å². The summed E-state index contributed by atoms with van der Waals surface area (Å²) >= 11 is 0. The second-order valence-electron chi connectivity index (χ2n) is 11.6. The summed E-state index contributed by atoms with van der Waals surface area (Å²) in [6.07, 6.45) is 7.53. The molecule has 7 atom stereocenters. The van der Waals surface area contributed by atoms with E-state index in [0.29, 0.717) is 17.8 Å². The first-order chi connectivity index (χ1) is 16.2. The van der Waals surface area contributed by atoms with Gasteiger partial charge in [0.1, 0.15) is 0 Å². The Morgan fingerprint density at radius 2 is 2.00 bits per heavy atom. The number of sulfone groups is 1. The van der Waals surface area contributed by atoms with Crippen molar-refractivity contribution in [1.29, 1.82) is 0 Å². The maximum absolute atomic E-state index is 13.4. The standard InChI is InChI=1S/C27H44O4S/c1-17(2)7-5-8-18(3)23-10-11-24-19(9-6-12-27(23,24)4)13-26-21-14-20(28)15-25(29)22(21)16-32(26,30)31/h13,17-18,20,22-25,28-29H,5-12,14-16H2,1-4H3/b19-13+/t18-,20-,22+,23-,24+,25+,27-/m1/s1/i16D2,22D. The van der Waals surface area contributed by atoms with E-state index in [0.717, 1.165) is 37.7 Å². The van der Waals surface area contributed by atoms with Gasteiger partial charge in [0.05, 0.1) is 22.8 Å². The first-order valence-corrected chi connectivity index (χ1v) is 14.2. The highest BCUT2D eigenvalue weighted by Crippen LogP contribution is 2.60. The van der Waals surface area contributed by atoms with Gasteiger partial charge < -0.3 is 10.2 Å². The lowest BCUT2D eigenvalue weighted by Crippen LogP contribution is -2.36. The maximum Gasteiger partial charge on any atom is 0.179 e. The lowest BCUT2D eigenvalue weighted by atomic mass is 9.60. The normalized spacial score (nSPS) is 46.5. The molecule has 1 heterocycles. The molecule has 0 radical (unpaired) electrons. The summed E-state index contributed by atoms with van der Waals surface area (Å²) in [5.41, 5.74) is -1.73. The third-order valence-corrected chi connectivity index (χ3v) is 10.3. The average molecular weight is 468 g/mol. The summed E-state index contributed by atoms with van der Waals surface area (Å²) in [5, 5.41) is 20.9. The number of aliphatic hydroxyl groups excluding tert-OH is 2. The molecule has 4 aliphatic rings. The monoisotopic (exact) mass is 467 g/mol. The third kappa shape index (κ3) is 4.51. The van der Waals surface area contributed by atoms with Gasteiger partial charge in [-0.1, -0.05) is 52.5 Å². The van der Waals surface area contributed by atoms with Crippen LogP contribution in [-0.4, -0.2) is 36.5 Å². The highest BCUT2D eigenvalue weighted by atomic mass is 32.2. The Hall–Kier alpha value is -0.650. The van der Waals surface area contributed by atoms with Crippen molar-refractivity contribution in [3.8, 4) is 0 Å². The summed E-state index contributed by atoms with van der Waals surface area (Å²) in [6, 6.07) is 0. The largest absolute Gasteiger partial charge is 0.393 e. The van der Waals surface area contributed by atoms with Gasteiger partial charge in [0.25, 0.3) is 0 Å². The smallest absolute Gasteiger partial charge is 0.179 e. The molecule has 0 aromatic heterocycles. The van der Waals surface area contributed by atoms with Crippen LogP contribution in [0.1, 0.15) is 96.0 Å². The zero-order valence-corrected chi connectivity index (χ0v) is 21.0. The van der Waals surface area contributed by atoms with Gasteiger partial charge in [0.15, 0.2) is 9.84 Å². The van der Waals surface area contributed by atoms with E-state index in [1.807, 2.05) is 0 Å². The number of hydrogen-bond acceptors (Lipinski definition) is 4. The van der Waals surface area contributed by atoms with Gasteiger partial charge >= 0.3 is 0 Å². The molecular formula is C27H44O4S. The molecule has 4 rings (SSSR count). The average Bonchev–Trinajstić information content (AvgIpc) is 3.15. The maximum atomic E-state index is 13.4. The van der Waals surface area contributed by atoms with Crippen molar-refractivity contribution in [2.75, 3.05) is 5.70 Å². The molecule has 0 unspecified atom stereocenters. The van der Waals surface area contributed by atoms with Crippen LogP contribution in [0.2, 0.25) is 0 Å². The molecule has 5 heteroatoms. The van der Waals surface area contributed by atoms with Crippen molar-refractivity contribution in [1.82, 2.24) is 0 Å². The SMILES string of the molecule is [2H]C1([2H])[C@@]2([2H])C(=C(/C=C3\CCC[C@]4(C)[C@@H]([C@H](C)CCCC(C)C)CC[C@@H]34)S1(=O)=O)C[C@@H](O)C[C@@H]2O. The van der Waals surface area contributed by atoms with Crippen molar-refractivity contribution in [2.45, 2.75) is 104 Å². The fraction of sp³-hybridized carbons (Fsp3) is 0.852. The Kier molecular flexibility index (Phi) is 5.94. The van der Waals surface area contributed by atoms with Gasteiger partial charge in [-0.3, -0.25) is 0 Å². The Balaban J connectivity index is 1.69. The summed E-state index contributed by atoms with van der Waals surface area (Å²) in [6.45, 7) is 9.27. The topological polar surface area (TPSA) is 74.6 Å². The molecule has 32 heavy (non-hydrogen) atoms. The first kappa shape index (κ1) is 20.7. The molecule has 182 valence electrons. The molecular weight excluding hydrogens is 420 g/mol. The van der Waals surface area contributed by atoms with Gasteiger partial charge in [-0.15, -0.1) is 0 Å². The van der Waals surface area contributed by atoms with Crippen LogP contribution in [0.5, 0.6) is 0 Å². The lowest BCUT2D eigenvalue weighted by molar-refractivity contribution is 0.0351. The third-order valence-electron chi connectivity index (χ3n) is 8.91. The highest BCUT2D eigenvalue weighted by molar-refractivity contribution is 7.95. The van der Waals surface area contributed by atoms with Crippen LogP contribution in [0.25, 0.3) is 0 Å². The van der Waals surface area contributed by atoms with Crippen LogP contribution >= 0.6 is 0 Å². The van der Waals surface area contributed by atoms with E-state index in [-0.39, 0.29) is 34.7 Å². The minimum Gasteiger partial charge on any atom is -0.393 e. The second-order valence-corrected chi connectivity index (χ2v) is 13.2. The van der Waals surface area contributed by atoms with Crippen LogP contribution in [0, 0.1) is 35.0 Å². The lowest BCUT2D eigenvalue weighted by Gasteiger charge is -2.44. The quantitative estimate of drug-likeness (QED) is 0.548. The summed E-state index contributed by atoms with van der Waals surface area (Å²) in [5.74, 6) is -0.121. The summed E-state index contributed by atoms with van der Waals surface area (Å²) in [4.78, 5) is -0.150. The van der Waals surface area contributed by atoms with Gasteiger partial charge in [-0.25, -0.2) is 8.42 Å². The van der Waals surface area contributed by atoms with Crippen molar-refractivity contribution < 1.29 is 22.7 Å². The number of allylic oxidation sites excluding steroid dienone is 2. The van der Waals surface area contributed by atoms with Crippen LogP contribution in [-0.2, 0) is 9.84 Å². The van der Waals surface area contributed by atoms with Crippen molar-refractivity contribution in [2.24, 2.45) is 35.0 Å². The molecule has 4 nitrogen and oxygen atoms in total. The van der Waals surface area contributed by atoms with Gasteiger partial charge in [-0.2, -0.15) is 0 Å². The van der Waals surface area contributed by atoms with Crippen LogP contribution in [0.15, 0.2) is 22.1 Å². The van der Waals surface area contributed by atoms with Crippen LogP contribution in [0.4, 0.5) is 0 Å². The Morgan fingerprint density at radius 1 is 1.25 bits per heavy atom. The molecule has 0 saturated heterocycles. The molecule has 3 fully saturated rings. The first-order valence-electron chi connectivity index (χ1n) is 14.2. The summed E-state index contributed by atoms with van der Waals surface area (Å²) in [7, 11) is -4.48. The molecule has 0 bridgehead atoms. The van der Waals surface area contributed by atoms with E-state index in [9.17, 15) is 18.6 Å². The van der Waals surface area contributed by atoms with Crippen molar-refractivity contribution >= 4 is 9.84 Å². The van der Waals surface area contributed by atoms with Gasteiger partial charge in [0.2, 0.25) is 0 Å². The Morgan fingerprint density at radius 3 is 2.72 bits per heavy atom. The molecule has 0 aromatic carbocycles. The minimum absolute atomic E-state index is 0.0464. The number of rotatable bonds is 6. The molecule has 1 aliphatic heterocycles. The Labute approximate surface area is 199 Å². The fourth-order valence-corrected chi connectivity index (χ4v) is 8.78. The number of fused-ring (bicyclic) bond motifs is 2. The molecule has 3 aliphatic carbocycles. The zero-order valence-electron chi connectivity index (χ0n) is 23.2. The van der Waals surface area contributed by atoms with E-state index in [4.69, 9.17) is 4.11 Å². The molecule has 0 spiro atoms. The van der Waals surface area contributed by atoms with E-state index >= 15 is 0 Å². The second kappa shape index (κ2) is 9.19. The number of aliphatic hydroxyl groups is 2. The highest BCUT2D eigenvalue weighted by Gasteiger charge is 2.51. The minimum atomic E-state index is -4.48. The fourth-order valence-electron chi connectivity index (χ4n) is 7.30. The molecule has 2 N–H and O–H groups in total. The van der Waals surface area contributed by atoms with E-state index in [1.54, 1.807) is 6.08 Å². The molecule has 3 saturated carbocycles. The van der Waals surface area contributed by atoms with Crippen LogP contribution in [0.3, 0.4) is 0 Å². The van der Waals surface area contributed by atoms with E-state index in [1.165, 1.54) is 19.3 Å². The number of hydrogen-bond donors (Lipinski definition) is 2. The Bertz CT molecular complexity index is 1000. The summed E-state index contributed by atoms with van der Waals surface area (Å²) < 4.78 is 52.5. The molecule has 0 amide bonds. The van der Waals surface area contributed by atoms with Gasteiger partial charge in [-0.05, 0) is 79.3 Å². The van der Waals surface area contributed by atoms with Gasteiger partial charge in [0, 0.05) is 16.4 Å². The van der Waals surface area contributed by atoms with Crippen molar-refractivity contribution in [3.63, 3.8) is 0 Å². The van der Waals surface area contributed by atoms with E-state index in [2.05, 4.69) is 27.7 Å².